The number of likely N-dealkylation sites (N-methyl/N-ethyl adjacent to an activating group) is 1. The molecule has 0 bridgehead atoms. The molecule has 3 aromatic rings. The molecule has 0 aliphatic rings. The second-order valence-corrected chi connectivity index (χ2v) is 8.34. The van der Waals surface area contributed by atoms with E-state index in [-0.39, 0.29) is 17.7 Å². The molecule has 0 radical (unpaired) electrons. The van der Waals surface area contributed by atoms with Crippen molar-refractivity contribution in [3.8, 4) is 16.9 Å². The first-order chi connectivity index (χ1) is 14.8. The van der Waals surface area contributed by atoms with E-state index in [2.05, 4.69) is 5.32 Å². The zero-order valence-corrected chi connectivity index (χ0v) is 18.9. The summed E-state index contributed by atoms with van der Waals surface area (Å²) in [7, 11) is 1.74. The van der Waals surface area contributed by atoms with Crippen LogP contribution in [-0.2, 0) is 16.1 Å². The van der Waals surface area contributed by atoms with Gasteiger partial charge in [-0.2, -0.15) is 5.10 Å². The van der Waals surface area contributed by atoms with Crippen molar-refractivity contribution in [2.24, 2.45) is 5.92 Å². The van der Waals surface area contributed by atoms with E-state index in [0.717, 1.165) is 22.5 Å². The van der Waals surface area contributed by atoms with Gasteiger partial charge in [0.25, 0.3) is 0 Å². The summed E-state index contributed by atoms with van der Waals surface area (Å²) in [4.78, 5) is 26.3. The number of carbonyl (C=O) groups excluding carboxylic acids is 2. The highest BCUT2D eigenvalue weighted by atomic mass is 35.5. The lowest BCUT2D eigenvalue weighted by Gasteiger charge is -2.26. The number of amides is 2. The first-order valence-corrected chi connectivity index (χ1v) is 10.6. The Balaban J connectivity index is 1.95. The minimum Gasteiger partial charge on any atom is -0.344 e. The lowest BCUT2D eigenvalue weighted by Crippen LogP contribution is -2.49. The number of hydrogen-bond acceptors (Lipinski definition) is 3. The third kappa shape index (κ3) is 5.52. The summed E-state index contributed by atoms with van der Waals surface area (Å²) in [6, 6.07) is 16.7. The molecule has 1 aromatic heterocycles. The molecule has 0 unspecified atom stereocenters. The Morgan fingerprint density at radius 2 is 1.74 bits per heavy atom. The Morgan fingerprint density at radius 1 is 1.10 bits per heavy atom. The summed E-state index contributed by atoms with van der Waals surface area (Å²) >= 11 is 6.06. The molecule has 3 rings (SSSR count). The molecule has 2 aromatic carbocycles. The number of para-hydroxylation sites is 1. The van der Waals surface area contributed by atoms with Crippen LogP contribution >= 0.6 is 11.6 Å². The van der Waals surface area contributed by atoms with Gasteiger partial charge in [0.2, 0.25) is 11.8 Å². The predicted octanol–water partition coefficient (Wildman–Crippen LogP) is 4.31. The normalized spacial score (nSPS) is 11.9. The van der Waals surface area contributed by atoms with Crippen LogP contribution < -0.4 is 5.32 Å². The van der Waals surface area contributed by atoms with E-state index in [0.29, 0.717) is 11.6 Å². The Kier molecular flexibility index (Phi) is 7.13. The topological polar surface area (TPSA) is 67.2 Å². The number of hydrogen-bond donors (Lipinski definition) is 1. The molecular weight excluding hydrogens is 412 g/mol. The number of nitrogens with one attached hydrogen (secondary N) is 1. The van der Waals surface area contributed by atoms with Gasteiger partial charge < -0.3 is 10.2 Å². The van der Waals surface area contributed by atoms with E-state index in [1.807, 2.05) is 79.3 Å². The van der Waals surface area contributed by atoms with Crippen LogP contribution in [0.25, 0.3) is 16.9 Å². The molecule has 0 aliphatic carbocycles. The van der Waals surface area contributed by atoms with Gasteiger partial charge in [-0.3, -0.25) is 9.59 Å². The maximum Gasteiger partial charge on any atom is 0.245 e. The largest absolute Gasteiger partial charge is 0.344 e. The van der Waals surface area contributed by atoms with Gasteiger partial charge in [-0.1, -0.05) is 55.8 Å². The van der Waals surface area contributed by atoms with Gasteiger partial charge in [-0.15, -0.1) is 0 Å². The molecule has 2 amide bonds. The zero-order chi connectivity index (χ0) is 22.5. The zero-order valence-electron chi connectivity index (χ0n) is 18.2. The quantitative estimate of drug-likeness (QED) is 0.597. The molecule has 6 nitrogen and oxygen atoms in total. The molecule has 0 saturated carbocycles. The van der Waals surface area contributed by atoms with Crippen molar-refractivity contribution in [3.05, 3.63) is 71.4 Å². The minimum atomic E-state index is -0.578. The molecule has 162 valence electrons. The monoisotopic (exact) mass is 438 g/mol. The molecule has 0 aliphatic heterocycles. The molecule has 7 heteroatoms. The van der Waals surface area contributed by atoms with Crippen LogP contribution in [0.15, 0.2) is 60.8 Å². The van der Waals surface area contributed by atoms with Gasteiger partial charge in [-0.25, -0.2) is 4.68 Å². The standard InChI is InChI=1S/C24H27ClN4O2/c1-16(2)22(26-17(3)30)24(31)28(4)14-19-15-29(21-8-6-5-7-9-21)27-23(19)18-10-12-20(25)13-11-18/h5-13,15-16,22H,14H2,1-4H3,(H,26,30)/t22-/m1/s1. The number of nitrogens with zero attached hydrogens (tertiary/aromatic N) is 3. The summed E-state index contributed by atoms with van der Waals surface area (Å²) in [5.41, 5.74) is 3.52. The van der Waals surface area contributed by atoms with E-state index in [1.54, 1.807) is 11.9 Å². The van der Waals surface area contributed by atoms with Gasteiger partial charge in [0.15, 0.2) is 0 Å². The van der Waals surface area contributed by atoms with Crippen molar-refractivity contribution >= 4 is 23.4 Å². The number of benzene rings is 2. The minimum absolute atomic E-state index is 0.0263. The summed E-state index contributed by atoms with van der Waals surface area (Å²) < 4.78 is 1.81. The van der Waals surface area contributed by atoms with Gasteiger partial charge in [-0.05, 0) is 30.2 Å². The van der Waals surface area contributed by atoms with E-state index < -0.39 is 6.04 Å². The summed E-state index contributed by atoms with van der Waals surface area (Å²) in [5.74, 6) is -0.388. The molecule has 1 atom stereocenters. The van der Waals surface area contributed by atoms with Gasteiger partial charge in [0.05, 0.1) is 11.4 Å². The molecular formula is C24H27ClN4O2. The number of rotatable bonds is 7. The molecule has 31 heavy (non-hydrogen) atoms. The Labute approximate surface area is 187 Å². The first-order valence-electron chi connectivity index (χ1n) is 10.2. The van der Waals surface area contributed by atoms with Crippen LogP contribution in [0.3, 0.4) is 0 Å². The maximum atomic E-state index is 13.1. The predicted molar refractivity (Wildman–Crippen MR) is 123 cm³/mol. The fourth-order valence-electron chi connectivity index (χ4n) is 3.39. The first kappa shape index (κ1) is 22.6. The SMILES string of the molecule is CC(=O)N[C@@H](C(=O)N(C)Cc1cn(-c2ccccc2)nc1-c1ccc(Cl)cc1)C(C)C. The van der Waals surface area contributed by atoms with Crippen LogP contribution in [0.1, 0.15) is 26.3 Å². The molecule has 0 saturated heterocycles. The second kappa shape index (κ2) is 9.79. The molecule has 0 spiro atoms. The van der Waals surface area contributed by atoms with E-state index in [4.69, 9.17) is 16.7 Å². The van der Waals surface area contributed by atoms with Crippen LogP contribution in [0.2, 0.25) is 5.02 Å². The lowest BCUT2D eigenvalue weighted by atomic mass is 10.0. The average molecular weight is 439 g/mol. The summed E-state index contributed by atoms with van der Waals surface area (Å²) in [5, 5.41) is 8.20. The third-order valence-corrected chi connectivity index (χ3v) is 5.26. The highest BCUT2D eigenvalue weighted by Crippen LogP contribution is 2.26. The van der Waals surface area contributed by atoms with Crippen LogP contribution in [0, 0.1) is 5.92 Å². The Hall–Kier alpha value is -3.12. The van der Waals surface area contributed by atoms with Crippen molar-refractivity contribution in [2.75, 3.05) is 7.05 Å². The van der Waals surface area contributed by atoms with Crippen molar-refractivity contribution in [2.45, 2.75) is 33.4 Å². The van der Waals surface area contributed by atoms with E-state index in [9.17, 15) is 9.59 Å². The molecule has 1 N–H and O–H groups in total. The second-order valence-electron chi connectivity index (χ2n) is 7.91. The van der Waals surface area contributed by atoms with Crippen molar-refractivity contribution < 1.29 is 9.59 Å². The van der Waals surface area contributed by atoms with Gasteiger partial charge in [0.1, 0.15) is 6.04 Å². The van der Waals surface area contributed by atoms with Crippen molar-refractivity contribution in [3.63, 3.8) is 0 Å². The van der Waals surface area contributed by atoms with E-state index >= 15 is 0 Å². The van der Waals surface area contributed by atoms with Gasteiger partial charge >= 0.3 is 0 Å². The Bertz CT molecular complexity index is 1050. The fraction of sp³-hybridized carbons (Fsp3) is 0.292. The highest BCUT2D eigenvalue weighted by Gasteiger charge is 2.27. The average Bonchev–Trinajstić information content (AvgIpc) is 3.16. The lowest BCUT2D eigenvalue weighted by molar-refractivity contribution is -0.136. The van der Waals surface area contributed by atoms with Crippen LogP contribution in [-0.4, -0.2) is 39.6 Å². The van der Waals surface area contributed by atoms with Crippen LogP contribution in [0.5, 0.6) is 0 Å². The van der Waals surface area contributed by atoms with Crippen LogP contribution in [0.4, 0.5) is 0 Å². The third-order valence-electron chi connectivity index (χ3n) is 5.00. The Morgan fingerprint density at radius 3 is 2.32 bits per heavy atom. The number of halogens is 1. The fourth-order valence-corrected chi connectivity index (χ4v) is 3.52. The summed E-state index contributed by atoms with van der Waals surface area (Å²) in [6.07, 6.45) is 1.94. The highest BCUT2D eigenvalue weighted by molar-refractivity contribution is 6.30. The molecule has 0 fully saturated rings. The van der Waals surface area contributed by atoms with Crippen molar-refractivity contribution in [1.82, 2.24) is 20.0 Å². The summed E-state index contributed by atoms with van der Waals surface area (Å²) in [6.45, 7) is 5.61. The smallest absolute Gasteiger partial charge is 0.245 e. The number of carbonyl (C=O) groups is 2. The number of aromatic nitrogens is 2. The van der Waals surface area contributed by atoms with Crippen molar-refractivity contribution in [1.29, 1.82) is 0 Å². The molecule has 1 heterocycles. The maximum absolute atomic E-state index is 13.1. The van der Waals surface area contributed by atoms with E-state index in [1.165, 1.54) is 6.92 Å². The van der Waals surface area contributed by atoms with Gasteiger partial charge in [0, 0.05) is 42.9 Å².